The van der Waals surface area contributed by atoms with Gasteiger partial charge in [-0.2, -0.15) is 0 Å². The second kappa shape index (κ2) is 15.8. The lowest BCUT2D eigenvalue weighted by atomic mass is 10.0. The number of allylic oxidation sites excluding steroid dienone is 1. The first-order valence-corrected chi connectivity index (χ1v) is 20.3. The first-order chi connectivity index (χ1) is 24.9. The van der Waals surface area contributed by atoms with Gasteiger partial charge in [-0.3, -0.25) is 19.1 Å². The van der Waals surface area contributed by atoms with Gasteiger partial charge in [0.2, 0.25) is 21.8 Å². The number of carbonyl (C=O) groups is 5. The molecular formula is C37H51N5O9S. The van der Waals surface area contributed by atoms with Crippen LogP contribution in [-0.4, -0.2) is 96.3 Å². The van der Waals surface area contributed by atoms with E-state index in [2.05, 4.69) is 15.4 Å². The van der Waals surface area contributed by atoms with Gasteiger partial charge in [-0.15, -0.1) is 0 Å². The quantitative estimate of drug-likeness (QED) is 0.368. The van der Waals surface area contributed by atoms with Gasteiger partial charge in [0.25, 0.3) is 5.91 Å². The van der Waals surface area contributed by atoms with Crippen molar-refractivity contribution >= 4 is 39.9 Å². The maximum atomic E-state index is 14.4. The first-order valence-electron chi connectivity index (χ1n) is 18.7. The van der Waals surface area contributed by atoms with Crippen molar-refractivity contribution in [2.75, 3.05) is 13.1 Å². The molecule has 15 heteroatoms. The summed E-state index contributed by atoms with van der Waals surface area (Å²) in [5, 5.41) is 4.71. The number of sulfonamides is 1. The number of hydrogen-bond acceptors (Lipinski definition) is 9. The Morgan fingerprint density at radius 2 is 1.69 bits per heavy atom. The predicted molar refractivity (Wildman–Crippen MR) is 190 cm³/mol. The van der Waals surface area contributed by atoms with Gasteiger partial charge >= 0.3 is 12.2 Å². The lowest BCUT2D eigenvalue weighted by Crippen LogP contribution is -2.58. The van der Waals surface area contributed by atoms with Gasteiger partial charge < -0.3 is 29.9 Å². The number of amides is 5. The zero-order chi connectivity index (χ0) is 37.0. The smallest absolute Gasteiger partial charge is 0.410 e. The Labute approximate surface area is 305 Å². The molecule has 52 heavy (non-hydrogen) atoms. The topological polar surface area (TPSA) is 181 Å². The van der Waals surface area contributed by atoms with Crippen LogP contribution < -0.4 is 15.4 Å². The van der Waals surface area contributed by atoms with Gasteiger partial charge in [-0.1, -0.05) is 49.3 Å². The fourth-order valence-electron chi connectivity index (χ4n) is 7.71. The van der Waals surface area contributed by atoms with Gasteiger partial charge in [0.05, 0.1) is 11.8 Å². The fraction of sp³-hybridized carbons (Fsp3) is 0.649. The summed E-state index contributed by atoms with van der Waals surface area (Å²) in [6, 6.07) is 5.71. The van der Waals surface area contributed by atoms with Crippen LogP contribution in [0.15, 0.2) is 36.4 Å². The van der Waals surface area contributed by atoms with Crippen LogP contribution in [0.5, 0.6) is 0 Å². The summed E-state index contributed by atoms with van der Waals surface area (Å²) in [6.45, 7) is 3.62. The molecule has 3 heterocycles. The van der Waals surface area contributed by atoms with Crippen molar-refractivity contribution in [1.29, 1.82) is 0 Å². The molecule has 3 N–H and O–H groups in total. The number of ether oxygens (including phenoxy) is 2. The average Bonchev–Trinajstić information content (AvgIpc) is 3.38. The van der Waals surface area contributed by atoms with E-state index in [1.165, 1.54) is 18.7 Å². The summed E-state index contributed by atoms with van der Waals surface area (Å²) < 4.78 is 39.1. The average molecular weight is 742 g/mol. The molecule has 0 aromatic heterocycles. The SMILES string of the molecule is CC(C)S(=O)(=O)NC(=O)[C@@]12C[C@H]1C=CCCCCC[C@H](NC(=O)OC1CCCC1)C(=O)N1C[C@H](OC(=O)N3CCc4ccccc4C3)C[C@H]1C(=O)N2. The van der Waals surface area contributed by atoms with Gasteiger partial charge in [-0.05, 0) is 82.8 Å². The highest BCUT2D eigenvalue weighted by atomic mass is 32.2. The van der Waals surface area contributed by atoms with Gasteiger partial charge in [0.15, 0.2) is 0 Å². The highest BCUT2D eigenvalue weighted by Gasteiger charge is 2.61. The highest BCUT2D eigenvalue weighted by Crippen LogP contribution is 2.46. The molecule has 284 valence electrons. The molecule has 3 aliphatic heterocycles. The van der Waals surface area contributed by atoms with E-state index in [-0.39, 0.29) is 25.5 Å². The van der Waals surface area contributed by atoms with E-state index >= 15 is 0 Å². The second-order valence-electron chi connectivity index (χ2n) is 15.1. The Bertz CT molecular complexity index is 1680. The van der Waals surface area contributed by atoms with Crippen LogP contribution >= 0.6 is 0 Å². The van der Waals surface area contributed by atoms with Gasteiger partial charge in [0.1, 0.15) is 29.8 Å². The van der Waals surface area contributed by atoms with Crippen LogP contribution in [0.4, 0.5) is 9.59 Å². The molecule has 5 amide bonds. The number of rotatable bonds is 6. The second-order valence-corrected chi connectivity index (χ2v) is 17.3. The van der Waals surface area contributed by atoms with E-state index < -0.39 is 74.8 Å². The highest BCUT2D eigenvalue weighted by molar-refractivity contribution is 7.90. The van der Waals surface area contributed by atoms with Crippen LogP contribution in [0.25, 0.3) is 0 Å². The van der Waals surface area contributed by atoms with E-state index in [4.69, 9.17) is 9.47 Å². The molecule has 1 aromatic carbocycles. The molecule has 5 aliphatic rings. The molecular weight excluding hydrogens is 690 g/mol. The standard InChI is InChI=1S/C37H51N5O9S/c1-24(2)52(48,49)40-34(45)37-21-27(37)14-6-4-3-5-7-17-30(38-35(46)50-28-15-10-11-16-28)33(44)42-23-29(20-31(42)32(43)39-37)51-36(47)41-19-18-25-12-8-9-13-26(25)22-41/h6,8-9,12-14,24,27-31H,3-5,7,10-11,15-23H2,1-2H3,(H,38,46)(H,39,43)(H,40,45)/t27-,29-,30+,31+,37-/m1/s1. The molecule has 0 unspecified atom stereocenters. The number of nitrogens with one attached hydrogen (secondary N) is 3. The Morgan fingerprint density at radius 3 is 2.44 bits per heavy atom. The predicted octanol–water partition coefficient (Wildman–Crippen LogP) is 3.44. The lowest BCUT2D eigenvalue weighted by Gasteiger charge is -2.30. The minimum atomic E-state index is -4.00. The van der Waals surface area contributed by atoms with E-state index in [1.807, 2.05) is 36.4 Å². The van der Waals surface area contributed by atoms with Crippen molar-refractivity contribution in [2.45, 2.75) is 133 Å². The molecule has 2 saturated carbocycles. The summed E-state index contributed by atoms with van der Waals surface area (Å²) >= 11 is 0. The number of benzene rings is 1. The minimum Gasteiger partial charge on any atom is -0.446 e. The Balaban J connectivity index is 1.24. The zero-order valence-corrected chi connectivity index (χ0v) is 30.8. The van der Waals surface area contributed by atoms with Crippen LogP contribution in [0.3, 0.4) is 0 Å². The molecule has 6 rings (SSSR count). The third-order valence-electron chi connectivity index (χ3n) is 11.0. The van der Waals surface area contributed by atoms with Crippen molar-refractivity contribution in [3.8, 4) is 0 Å². The number of carbonyl (C=O) groups excluding carboxylic acids is 5. The summed E-state index contributed by atoms with van der Waals surface area (Å²) in [7, 11) is -4.00. The van der Waals surface area contributed by atoms with E-state index in [9.17, 15) is 32.4 Å². The largest absolute Gasteiger partial charge is 0.446 e. The summed E-state index contributed by atoms with van der Waals surface area (Å²) in [4.78, 5) is 71.6. The van der Waals surface area contributed by atoms with Crippen LogP contribution in [0.1, 0.15) is 95.6 Å². The number of alkyl carbamates (subject to hydrolysis) is 1. The van der Waals surface area contributed by atoms with Crippen molar-refractivity contribution in [1.82, 2.24) is 25.2 Å². The summed E-state index contributed by atoms with van der Waals surface area (Å²) in [5.74, 6) is -2.49. The molecule has 14 nitrogen and oxygen atoms in total. The maximum Gasteiger partial charge on any atom is 0.410 e. The molecule has 1 aromatic rings. The van der Waals surface area contributed by atoms with Crippen LogP contribution in [0.2, 0.25) is 0 Å². The van der Waals surface area contributed by atoms with E-state index in [0.717, 1.165) is 49.7 Å². The first kappa shape index (κ1) is 37.6. The Kier molecular flexibility index (Phi) is 11.5. The number of fused-ring (bicyclic) bond motifs is 3. The third kappa shape index (κ3) is 8.56. The Hall–Kier alpha value is -4.14. The van der Waals surface area contributed by atoms with E-state index in [1.54, 1.807) is 4.90 Å². The Morgan fingerprint density at radius 1 is 0.962 bits per heavy atom. The minimum absolute atomic E-state index is 0.0462. The van der Waals surface area contributed by atoms with Crippen LogP contribution in [-0.2, 0) is 46.8 Å². The molecule has 2 aliphatic carbocycles. The van der Waals surface area contributed by atoms with Crippen molar-refractivity contribution in [3.05, 3.63) is 47.5 Å². The molecule has 5 atom stereocenters. The molecule has 1 saturated heterocycles. The molecule has 3 fully saturated rings. The molecule has 0 radical (unpaired) electrons. The number of hydrogen-bond donors (Lipinski definition) is 3. The van der Waals surface area contributed by atoms with Crippen molar-refractivity contribution in [2.24, 2.45) is 5.92 Å². The molecule has 0 spiro atoms. The van der Waals surface area contributed by atoms with Crippen molar-refractivity contribution < 1.29 is 41.9 Å². The summed E-state index contributed by atoms with van der Waals surface area (Å²) in [6.07, 6.45) is 8.87. The van der Waals surface area contributed by atoms with Gasteiger partial charge in [0, 0.05) is 25.4 Å². The van der Waals surface area contributed by atoms with Crippen LogP contribution in [0, 0.1) is 5.92 Å². The molecule has 0 bridgehead atoms. The zero-order valence-electron chi connectivity index (χ0n) is 30.0. The van der Waals surface area contributed by atoms with E-state index in [0.29, 0.717) is 38.8 Å². The maximum absolute atomic E-state index is 14.4. The fourth-order valence-corrected chi connectivity index (χ4v) is 8.38. The number of nitrogens with zero attached hydrogens (tertiary/aromatic N) is 2. The monoisotopic (exact) mass is 741 g/mol. The lowest BCUT2D eigenvalue weighted by molar-refractivity contribution is -0.141. The van der Waals surface area contributed by atoms with Crippen molar-refractivity contribution in [3.63, 3.8) is 0 Å². The third-order valence-corrected chi connectivity index (χ3v) is 12.7. The normalized spacial score (nSPS) is 28.4. The van der Waals surface area contributed by atoms with Gasteiger partial charge in [-0.25, -0.2) is 18.0 Å². The summed E-state index contributed by atoms with van der Waals surface area (Å²) in [5.41, 5.74) is 0.648.